The van der Waals surface area contributed by atoms with E-state index in [1.54, 1.807) is 13.8 Å². The van der Waals surface area contributed by atoms with Crippen LogP contribution in [-0.4, -0.2) is 61.3 Å². The second kappa shape index (κ2) is 18.7. The average Bonchev–Trinajstić information content (AvgIpc) is 3.14. The third-order valence-electron chi connectivity index (χ3n) is 8.31. The maximum absolute atomic E-state index is 14.9. The summed E-state index contributed by atoms with van der Waals surface area (Å²) in [6, 6.07) is 38.9. The molecule has 1 aliphatic rings. The molecule has 0 bridgehead atoms. The van der Waals surface area contributed by atoms with Crippen LogP contribution in [-0.2, 0) is 63.7 Å². The predicted molar refractivity (Wildman–Crippen MR) is 187 cm³/mol. The molecule has 0 aliphatic carbocycles. The van der Waals surface area contributed by atoms with Crippen LogP contribution < -0.4 is 0 Å². The molecule has 1 aliphatic heterocycles. The number of rotatable bonds is 19. The minimum absolute atomic E-state index is 0.0327. The van der Waals surface area contributed by atoms with Gasteiger partial charge in [-0.2, -0.15) is 0 Å². The second-order valence-electron chi connectivity index (χ2n) is 11.7. The molecular formula is C39H47O9P. The van der Waals surface area contributed by atoms with Gasteiger partial charge >= 0.3 is 7.60 Å². The molecule has 9 nitrogen and oxygen atoms in total. The van der Waals surface area contributed by atoms with E-state index >= 15 is 0 Å². The van der Waals surface area contributed by atoms with E-state index in [0.29, 0.717) is 6.61 Å². The van der Waals surface area contributed by atoms with E-state index in [2.05, 4.69) is 0 Å². The van der Waals surface area contributed by atoms with Gasteiger partial charge in [0.15, 0.2) is 0 Å². The van der Waals surface area contributed by atoms with Gasteiger partial charge in [-0.1, -0.05) is 121 Å². The van der Waals surface area contributed by atoms with E-state index in [1.165, 1.54) is 0 Å². The molecule has 1 fully saturated rings. The standard InChI is InChI=1S/C39H47O9P/c1-3-46-49(41,47-4-2)39(30-40)38(45-28-34-23-15-8-16-24-34)37(44-27-33-21-13-7-14-22-33)36(43-26-32-19-11-6-12-20-32)35(48-39)29-42-25-31-17-9-5-10-18-31/h5-24,35-38,40H,3-4,25-30H2,1-2H3/t35-,36-,37+,38+,39-/m1/s1. The molecule has 0 spiro atoms. The summed E-state index contributed by atoms with van der Waals surface area (Å²) in [4.78, 5) is 0. The maximum atomic E-state index is 14.9. The van der Waals surface area contributed by atoms with Crippen LogP contribution in [0.25, 0.3) is 0 Å². The van der Waals surface area contributed by atoms with Crippen LogP contribution in [0.3, 0.4) is 0 Å². The summed E-state index contributed by atoms with van der Waals surface area (Å²) in [6.07, 6.45) is -3.72. The van der Waals surface area contributed by atoms with Gasteiger partial charge < -0.3 is 37.8 Å². The Morgan fingerprint density at radius 2 is 1.02 bits per heavy atom. The number of hydrogen-bond donors (Lipinski definition) is 1. The Labute approximate surface area is 289 Å². The van der Waals surface area contributed by atoms with Crippen molar-refractivity contribution in [3.8, 4) is 0 Å². The first kappa shape index (κ1) is 37.1. The maximum Gasteiger partial charge on any atom is 0.367 e. The molecule has 0 amide bonds. The fourth-order valence-corrected chi connectivity index (χ4v) is 8.13. The molecular weight excluding hydrogens is 643 g/mol. The van der Waals surface area contributed by atoms with Gasteiger partial charge in [-0.3, -0.25) is 4.57 Å². The smallest absolute Gasteiger partial charge is 0.367 e. The Hall–Kier alpha value is -3.21. The first-order valence-electron chi connectivity index (χ1n) is 16.8. The summed E-state index contributed by atoms with van der Waals surface area (Å²) in [5, 5.41) is 9.36. The lowest BCUT2D eigenvalue weighted by atomic mass is 9.93. The van der Waals surface area contributed by atoms with Crippen molar-refractivity contribution in [1.82, 2.24) is 0 Å². The number of ether oxygens (including phenoxy) is 5. The number of aliphatic hydroxyl groups is 1. The Morgan fingerprint density at radius 1 is 0.612 bits per heavy atom. The molecule has 4 aromatic rings. The molecule has 1 heterocycles. The van der Waals surface area contributed by atoms with Crippen LogP contribution in [0.4, 0.5) is 0 Å². The number of hydrogen-bond acceptors (Lipinski definition) is 9. The molecule has 0 unspecified atom stereocenters. The largest absolute Gasteiger partial charge is 0.393 e. The molecule has 0 saturated carbocycles. The highest BCUT2D eigenvalue weighted by molar-refractivity contribution is 7.55. The second-order valence-corrected chi connectivity index (χ2v) is 14.0. The summed E-state index contributed by atoms with van der Waals surface area (Å²) in [5.41, 5.74) is 3.71. The predicted octanol–water partition coefficient (Wildman–Crippen LogP) is 7.31. The summed E-state index contributed by atoms with van der Waals surface area (Å²) in [5.74, 6) is 0. The lowest BCUT2D eigenvalue weighted by Crippen LogP contribution is -2.68. The van der Waals surface area contributed by atoms with Crippen LogP contribution in [0.15, 0.2) is 121 Å². The molecule has 49 heavy (non-hydrogen) atoms. The molecule has 5 atom stereocenters. The topological polar surface area (TPSA) is 102 Å². The van der Waals surface area contributed by atoms with Gasteiger partial charge in [-0.05, 0) is 36.1 Å². The van der Waals surface area contributed by atoms with E-state index in [9.17, 15) is 9.67 Å². The third-order valence-corrected chi connectivity index (χ3v) is 10.9. The summed E-state index contributed by atoms with van der Waals surface area (Å²) < 4.78 is 59.9. The molecule has 262 valence electrons. The van der Waals surface area contributed by atoms with Crippen molar-refractivity contribution in [3.05, 3.63) is 144 Å². The zero-order chi connectivity index (χ0) is 34.4. The molecule has 0 radical (unpaired) electrons. The Balaban J connectivity index is 1.58. The third kappa shape index (κ3) is 9.52. The highest BCUT2D eigenvalue weighted by atomic mass is 31.2. The molecule has 0 aromatic heterocycles. The minimum Gasteiger partial charge on any atom is -0.393 e. The van der Waals surface area contributed by atoms with Crippen molar-refractivity contribution in [2.24, 2.45) is 0 Å². The Morgan fingerprint density at radius 3 is 1.45 bits per heavy atom. The molecule has 5 rings (SSSR count). The van der Waals surface area contributed by atoms with Gasteiger partial charge in [0.1, 0.15) is 24.4 Å². The molecule has 1 N–H and O–H groups in total. The quantitative estimate of drug-likeness (QED) is 0.102. The Kier molecular flexibility index (Phi) is 14.1. The van der Waals surface area contributed by atoms with E-state index in [-0.39, 0.29) is 39.6 Å². The number of benzene rings is 4. The minimum atomic E-state index is -4.26. The molecule has 1 saturated heterocycles. The van der Waals surface area contributed by atoms with Crippen molar-refractivity contribution < 1.29 is 42.4 Å². The SMILES string of the molecule is CCOP(=O)(OCC)[C@@]1(CO)O[C@H](COCc2ccccc2)[C@@H](OCc2ccccc2)[C@H](OCc2ccccc2)[C@@H]1OCc1ccccc1. The lowest BCUT2D eigenvalue weighted by Gasteiger charge is -2.53. The first-order valence-corrected chi connectivity index (χ1v) is 18.3. The van der Waals surface area contributed by atoms with Crippen molar-refractivity contribution >= 4 is 7.60 Å². The monoisotopic (exact) mass is 690 g/mol. The fraction of sp³-hybridized carbons (Fsp3) is 0.385. The van der Waals surface area contributed by atoms with Crippen LogP contribution in [0.5, 0.6) is 0 Å². The van der Waals surface area contributed by atoms with Gasteiger partial charge in [0.25, 0.3) is 0 Å². The van der Waals surface area contributed by atoms with Gasteiger partial charge in [-0.15, -0.1) is 0 Å². The van der Waals surface area contributed by atoms with Crippen molar-refractivity contribution in [2.45, 2.75) is 70.0 Å². The van der Waals surface area contributed by atoms with E-state index in [1.807, 2.05) is 121 Å². The van der Waals surface area contributed by atoms with Crippen LogP contribution >= 0.6 is 7.60 Å². The Bertz CT molecular complexity index is 1530. The van der Waals surface area contributed by atoms with Crippen molar-refractivity contribution in [1.29, 1.82) is 0 Å². The van der Waals surface area contributed by atoms with E-state index in [0.717, 1.165) is 22.3 Å². The zero-order valence-corrected chi connectivity index (χ0v) is 29.1. The van der Waals surface area contributed by atoms with Gasteiger partial charge in [0.2, 0.25) is 5.34 Å². The van der Waals surface area contributed by atoms with Gasteiger partial charge in [0, 0.05) is 0 Å². The summed E-state index contributed by atoms with van der Waals surface area (Å²) >= 11 is 0. The first-order chi connectivity index (χ1) is 24.0. The highest BCUT2D eigenvalue weighted by Crippen LogP contribution is 2.65. The highest BCUT2D eigenvalue weighted by Gasteiger charge is 2.67. The summed E-state index contributed by atoms with van der Waals surface area (Å²) in [7, 11) is -4.26. The van der Waals surface area contributed by atoms with Crippen LogP contribution in [0, 0.1) is 0 Å². The lowest BCUT2D eigenvalue weighted by molar-refractivity contribution is -0.295. The number of aliphatic hydroxyl groups excluding tert-OH is 1. The van der Waals surface area contributed by atoms with Crippen LogP contribution in [0.1, 0.15) is 36.1 Å². The molecule has 10 heteroatoms. The molecule has 4 aromatic carbocycles. The van der Waals surface area contributed by atoms with Gasteiger partial charge in [0.05, 0.1) is 52.9 Å². The fourth-order valence-electron chi connectivity index (χ4n) is 5.97. The normalized spacial score (nSPS) is 22.6. The zero-order valence-electron chi connectivity index (χ0n) is 28.2. The average molecular weight is 691 g/mol. The van der Waals surface area contributed by atoms with E-state index < -0.39 is 44.0 Å². The van der Waals surface area contributed by atoms with Crippen LogP contribution in [0.2, 0.25) is 0 Å². The summed E-state index contributed by atoms with van der Waals surface area (Å²) in [6.45, 7) is 3.66. The van der Waals surface area contributed by atoms with E-state index in [4.69, 9.17) is 32.7 Å². The van der Waals surface area contributed by atoms with Crippen molar-refractivity contribution in [3.63, 3.8) is 0 Å². The van der Waals surface area contributed by atoms with Crippen molar-refractivity contribution in [2.75, 3.05) is 26.4 Å². The van der Waals surface area contributed by atoms with Gasteiger partial charge in [-0.25, -0.2) is 0 Å².